The van der Waals surface area contributed by atoms with E-state index in [-0.39, 0.29) is 5.02 Å². The third-order valence-corrected chi connectivity index (χ3v) is 4.00. The molecule has 0 aliphatic carbocycles. The summed E-state index contributed by atoms with van der Waals surface area (Å²) in [6.45, 7) is 3.74. The van der Waals surface area contributed by atoms with E-state index in [0.717, 1.165) is 24.4 Å². The fourth-order valence-corrected chi connectivity index (χ4v) is 2.58. The van der Waals surface area contributed by atoms with Gasteiger partial charge in [0, 0.05) is 11.1 Å². The molecule has 0 unspecified atom stereocenters. The summed E-state index contributed by atoms with van der Waals surface area (Å²) < 4.78 is 19.0. The molecule has 0 aliphatic heterocycles. The van der Waals surface area contributed by atoms with Crippen LogP contribution in [0.15, 0.2) is 59.0 Å². The van der Waals surface area contributed by atoms with Gasteiger partial charge in [-0.15, -0.1) is 0 Å². The summed E-state index contributed by atoms with van der Waals surface area (Å²) >= 11 is 5.81. The van der Waals surface area contributed by atoms with Gasteiger partial charge in [0.25, 0.3) is 0 Å². The van der Waals surface area contributed by atoms with Crippen molar-refractivity contribution in [2.45, 2.75) is 20.0 Å². The standard InChI is InChI=1S/C19H17ClFNO/c1-13-2-4-14(5-3-13)11-22-12-16-7-9-19(23-16)15-6-8-18(21)17(20)10-15/h2-10,22H,11-12H2,1H3/p+1. The average molecular weight is 331 g/mol. The molecule has 1 aromatic heterocycles. The third-order valence-electron chi connectivity index (χ3n) is 3.71. The number of halogens is 2. The Hall–Kier alpha value is -2.10. The summed E-state index contributed by atoms with van der Waals surface area (Å²) in [7, 11) is 0. The van der Waals surface area contributed by atoms with Crippen LogP contribution in [-0.4, -0.2) is 0 Å². The Bertz CT molecular complexity index is 795. The summed E-state index contributed by atoms with van der Waals surface area (Å²) in [4.78, 5) is 0. The predicted octanol–water partition coefficient (Wildman–Crippen LogP) is 4.31. The molecule has 2 nitrogen and oxygen atoms in total. The number of nitrogens with two attached hydrogens (primary N) is 1. The Morgan fingerprint density at radius 2 is 1.78 bits per heavy atom. The van der Waals surface area contributed by atoms with Gasteiger partial charge in [0.15, 0.2) is 5.76 Å². The molecular formula is C19H18ClFNO+. The summed E-state index contributed by atoms with van der Waals surface area (Å²) in [5.41, 5.74) is 3.33. The topological polar surface area (TPSA) is 29.8 Å². The van der Waals surface area contributed by atoms with Crippen molar-refractivity contribution < 1.29 is 14.1 Å². The first-order valence-corrected chi connectivity index (χ1v) is 7.91. The van der Waals surface area contributed by atoms with Gasteiger partial charge in [-0.25, -0.2) is 4.39 Å². The van der Waals surface area contributed by atoms with Crippen LogP contribution in [0.2, 0.25) is 5.02 Å². The number of aryl methyl sites for hydroxylation is 1. The molecule has 0 bridgehead atoms. The van der Waals surface area contributed by atoms with Gasteiger partial charge in [0.1, 0.15) is 24.7 Å². The van der Waals surface area contributed by atoms with Crippen molar-refractivity contribution in [1.29, 1.82) is 0 Å². The van der Waals surface area contributed by atoms with Crippen molar-refractivity contribution in [3.05, 3.63) is 82.3 Å². The van der Waals surface area contributed by atoms with E-state index in [1.807, 2.05) is 12.1 Å². The SMILES string of the molecule is Cc1ccc(C[NH2+]Cc2ccc(-c3ccc(F)c(Cl)c3)o2)cc1. The highest BCUT2D eigenvalue weighted by molar-refractivity contribution is 6.31. The molecule has 0 spiro atoms. The van der Waals surface area contributed by atoms with Crippen LogP contribution in [0.25, 0.3) is 11.3 Å². The number of benzene rings is 2. The second-order valence-corrected chi connectivity index (χ2v) is 5.98. The van der Waals surface area contributed by atoms with E-state index in [0.29, 0.717) is 5.76 Å². The van der Waals surface area contributed by atoms with Crippen LogP contribution >= 0.6 is 11.6 Å². The highest BCUT2D eigenvalue weighted by Crippen LogP contribution is 2.26. The highest BCUT2D eigenvalue weighted by atomic mass is 35.5. The molecule has 0 radical (unpaired) electrons. The van der Waals surface area contributed by atoms with Crippen LogP contribution in [-0.2, 0) is 13.1 Å². The Labute approximate surface area is 139 Å². The highest BCUT2D eigenvalue weighted by Gasteiger charge is 2.08. The van der Waals surface area contributed by atoms with Gasteiger partial charge in [-0.3, -0.25) is 0 Å². The Kier molecular flexibility index (Phi) is 4.79. The summed E-state index contributed by atoms with van der Waals surface area (Å²) in [5, 5.41) is 2.29. The van der Waals surface area contributed by atoms with Crippen molar-refractivity contribution in [2.75, 3.05) is 0 Å². The molecule has 23 heavy (non-hydrogen) atoms. The second kappa shape index (κ2) is 6.99. The molecule has 0 saturated carbocycles. The van der Waals surface area contributed by atoms with E-state index < -0.39 is 5.82 Å². The largest absolute Gasteiger partial charge is 0.455 e. The minimum atomic E-state index is -0.423. The van der Waals surface area contributed by atoms with Crippen molar-refractivity contribution >= 4 is 11.6 Å². The first kappa shape index (κ1) is 15.8. The molecule has 3 aromatic rings. The lowest BCUT2D eigenvalue weighted by Gasteiger charge is -2.02. The van der Waals surface area contributed by atoms with Gasteiger partial charge < -0.3 is 9.73 Å². The van der Waals surface area contributed by atoms with Gasteiger partial charge in [-0.2, -0.15) is 0 Å². The fraction of sp³-hybridized carbons (Fsp3) is 0.158. The minimum absolute atomic E-state index is 0.103. The van der Waals surface area contributed by atoms with Gasteiger partial charge in [0.05, 0.1) is 5.02 Å². The lowest BCUT2D eigenvalue weighted by Crippen LogP contribution is -2.80. The van der Waals surface area contributed by atoms with Crippen LogP contribution in [0.5, 0.6) is 0 Å². The Balaban J connectivity index is 1.60. The maximum Gasteiger partial charge on any atom is 0.158 e. The quantitative estimate of drug-likeness (QED) is 0.742. The number of rotatable bonds is 5. The van der Waals surface area contributed by atoms with Gasteiger partial charge >= 0.3 is 0 Å². The molecule has 3 rings (SSSR count). The van der Waals surface area contributed by atoms with Gasteiger partial charge in [-0.1, -0.05) is 41.4 Å². The van der Waals surface area contributed by atoms with E-state index in [9.17, 15) is 4.39 Å². The van der Waals surface area contributed by atoms with Crippen molar-refractivity contribution in [2.24, 2.45) is 0 Å². The summed E-state index contributed by atoms with van der Waals surface area (Å²) in [6.07, 6.45) is 0. The molecule has 1 heterocycles. The maximum absolute atomic E-state index is 13.2. The Morgan fingerprint density at radius 1 is 1.00 bits per heavy atom. The molecule has 0 saturated heterocycles. The van der Waals surface area contributed by atoms with Crippen molar-refractivity contribution in [3.63, 3.8) is 0 Å². The second-order valence-electron chi connectivity index (χ2n) is 5.58. The molecule has 118 valence electrons. The molecule has 0 atom stereocenters. The van der Waals surface area contributed by atoms with Crippen LogP contribution in [0.3, 0.4) is 0 Å². The molecular weight excluding hydrogens is 313 g/mol. The van der Waals surface area contributed by atoms with Crippen LogP contribution < -0.4 is 5.32 Å². The van der Waals surface area contributed by atoms with Crippen molar-refractivity contribution in [1.82, 2.24) is 0 Å². The van der Waals surface area contributed by atoms with E-state index in [1.54, 1.807) is 12.1 Å². The van der Waals surface area contributed by atoms with Gasteiger partial charge in [-0.05, 0) is 37.3 Å². The molecule has 0 fully saturated rings. The van der Waals surface area contributed by atoms with E-state index in [4.69, 9.17) is 16.0 Å². The number of quaternary nitrogens is 1. The van der Waals surface area contributed by atoms with E-state index in [2.05, 4.69) is 36.5 Å². The van der Waals surface area contributed by atoms with Crippen LogP contribution in [0.4, 0.5) is 4.39 Å². The minimum Gasteiger partial charge on any atom is -0.455 e. The fourth-order valence-electron chi connectivity index (χ4n) is 2.40. The zero-order valence-electron chi connectivity index (χ0n) is 12.9. The smallest absolute Gasteiger partial charge is 0.158 e. The lowest BCUT2D eigenvalue weighted by molar-refractivity contribution is -0.687. The van der Waals surface area contributed by atoms with Crippen LogP contribution in [0, 0.1) is 12.7 Å². The molecule has 0 aliphatic rings. The first-order valence-electron chi connectivity index (χ1n) is 7.53. The third kappa shape index (κ3) is 4.01. The van der Waals surface area contributed by atoms with Crippen molar-refractivity contribution in [3.8, 4) is 11.3 Å². The predicted molar refractivity (Wildman–Crippen MR) is 89.6 cm³/mol. The number of furan rings is 1. The van der Waals surface area contributed by atoms with Gasteiger partial charge in [0.2, 0.25) is 0 Å². The molecule has 4 heteroatoms. The maximum atomic E-state index is 13.2. The van der Waals surface area contributed by atoms with Crippen LogP contribution in [0.1, 0.15) is 16.9 Å². The van der Waals surface area contributed by atoms with E-state index in [1.165, 1.54) is 17.2 Å². The number of hydrogen-bond acceptors (Lipinski definition) is 1. The molecule has 2 aromatic carbocycles. The molecule has 2 N–H and O–H groups in total. The lowest BCUT2D eigenvalue weighted by atomic mass is 10.1. The van der Waals surface area contributed by atoms with E-state index >= 15 is 0 Å². The summed E-state index contributed by atoms with van der Waals surface area (Å²) in [6, 6.07) is 16.9. The first-order chi connectivity index (χ1) is 11.1. The normalized spacial score (nSPS) is 10.9. The zero-order valence-corrected chi connectivity index (χ0v) is 13.6. The molecule has 0 amide bonds. The Morgan fingerprint density at radius 3 is 2.52 bits per heavy atom. The average Bonchev–Trinajstić information content (AvgIpc) is 3.01. The monoisotopic (exact) mass is 330 g/mol. The zero-order chi connectivity index (χ0) is 16.2. The summed E-state index contributed by atoms with van der Waals surface area (Å²) in [5.74, 6) is 1.16. The number of hydrogen-bond donors (Lipinski definition) is 1.